The van der Waals surface area contributed by atoms with Gasteiger partial charge in [-0.2, -0.15) is 0 Å². The summed E-state index contributed by atoms with van der Waals surface area (Å²) in [5.41, 5.74) is 1.74. The number of carbonyl (C=O) groups excluding carboxylic acids is 2. The summed E-state index contributed by atoms with van der Waals surface area (Å²) in [6.45, 7) is 0.326. The Morgan fingerprint density at radius 3 is 2.57 bits per heavy atom. The van der Waals surface area contributed by atoms with Gasteiger partial charge in [-0.3, -0.25) is 0 Å². The molecule has 2 amide bonds. The van der Waals surface area contributed by atoms with Crippen molar-refractivity contribution in [1.82, 2.24) is 5.32 Å². The van der Waals surface area contributed by atoms with E-state index in [4.69, 9.17) is 4.74 Å². The van der Waals surface area contributed by atoms with Gasteiger partial charge in [-0.15, -0.1) is 0 Å². The third-order valence-corrected chi connectivity index (χ3v) is 3.17. The number of ether oxygens (including phenoxy) is 2. The molecule has 2 N–H and O–H groups in total. The summed E-state index contributed by atoms with van der Waals surface area (Å²) in [6.07, 6.45) is 0. The van der Waals surface area contributed by atoms with Crippen molar-refractivity contribution in [3.8, 4) is 5.75 Å². The maximum atomic E-state index is 12.0. The Morgan fingerprint density at radius 1 is 1.04 bits per heavy atom. The molecule has 6 nitrogen and oxygen atoms in total. The number of nitrogens with one attached hydrogen (secondary N) is 2. The Bertz CT molecular complexity index is 700. The van der Waals surface area contributed by atoms with Crippen molar-refractivity contribution in [2.24, 2.45) is 0 Å². The molecule has 0 saturated heterocycles. The van der Waals surface area contributed by atoms with Crippen LogP contribution in [0.25, 0.3) is 0 Å². The Labute approximate surface area is 134 Å². The standard InChI is InChI=1S/C17H18N2O4/c1-22-15-9-4-3-6-13(15)11-18-17(21)19-14-8-5-7-12(10-14)16(20)23-2/h3-10H,11H2,1-2H3,(H2,18,19,21). The summed E-state index contributed by atoms with van der Waals surface area (Å²) in [5.74, 6) is 0.253. The fourth-order valence-electron chi connectivity index (χ4n) is 2.04. The predicted molar refractivity (Wildman–Crippen MR) is 86.6 cm³/mol. The number of benzene rings is 2. The lowest BCUT2D eigenvalue weighted by Crippen LogP contribution is -2.28. The quantitative estimate of drug-likeness (QED) is 0.832. The lowest BCUT2D eigenvalue weighted by Gasteiger charge is -2.11. The first-order valence-electron chi connectivity index (χ1n) is 6.99. The second-order valence-corrected chi connectivity index (χ2v) is 4.69. The van der Waals surface area contributed by atoms with Crippen LogP contribution in [0.2, 0.25) is 0 Å². The molecule has 0 aromatic heterocycles. The smallest absolute Gasteiger partial charge is 0.337 e. The molecule has 0 unspecified atom stereocenters. The highest BCUT2D eigenvalue weighted by molar-refractivity contribution is 5.93. The third kappa shape index (κ3) is 4.47. The van der Waals surface area contributed by atoms with Crippen molar-refractivity contribution in [2.45, 2.75) is 6.54 Å². The fourth-order valence-corrected chi connectivity index (χ4v) is 2.04. The number of methoxy groups -OCH3 is 2. The molecule has 2 rings (SSSR count). The zero-order valence-electron chi connectivity index (χ0n) is 13.0. The normalized spacial score (nSPS) is 9.83. The van der Waals surface area contributed by atoms with E-state index in [1.54, 1.807) is 31.4 Å². The summed E-state index contributed by atoms with van der Waals surface area (Å²) in [4.78, 5) is 23.4. The minimum absolute atomic E-state index is 0.326. The van der Waals surface area contributed by atoms with Gasteiger partial charge in [-0.05, 0) is 24.3 Å². The summed E-state index contributed by atoms with van der Waals surface area (Å²) in [5, 5.41) is 5.41. The first kappa shape index (κ1) is 16.4. The Balaban J connectivity index is 1.96. The average molecular weight is 314 g/mol. The lowest BCUT2D eigenvalue weighted by molar-refractivity contribution is 0.0600. The highest BCUT2D eigenvalue weighted by atomic mass is 16.5. The van der Waals surface area contributed by atoms with Crippen LogP contribution in [0, 0.1) is 0 Å². The van der Waals surface area contributed by atoms with E-state index in [-0.39, 0.29) is 6.03 Å². The van der Waals surface area contributed by atoms with E-state index in [0.717, 1.165) is 5.56 Å². The van der Waals surface area contributed by atoms with Crippen molar-refractivity contribution in [1.29, 1.82) is 0 Å². The first-order valence-corrected chi connectivity index (χ1v) is 6.99. The molecule has 0 saturated carbocycles. The van der Waals surface area contributed by atoms with Gasteiger partial charge < -0.3 is 20.1 Å². The summed E-state index contributed by atoms with van der Waals surface area (Å²) >= 11 is 0. The molecule has 0 aliphatic rings. The molecule has 0 fully saturated rings. The maximum absolute atomic E-state index is 12.0. The van der Waals surface area contributed by atoms with E-state index in [2.05, 4.69) is 15.4 Å². The van der Waals surface area contributed by atoms with Gasteiger partial charge in [-0.25, -0.2) is 9.59 Å². The highest BCUT2D eigenvalue weighted by Crippen LogP contribution is 2.17. The SMILES string of the molecule is COC(=O)c1cccc(NC(=O)NCc2ccccc2OC)c1. The molecule has 6 heteroatoms. The van der Waals surface area contributed by atoms with Crippen LogP contribution in [0.1, 0.15) is 15.9 Å². The number of para-hydroxylation sites is 1. The number of urea groups is 1. The molecule has 2 aromatic rings. The van der Waals surface area contributed by atoms with Gasteiger partial charge >= 0.3 is 12.0 Å². The van der Waals surface area contributed by atoms with E-state index in [9.17, 15) is 9.59 Å². The number of esters is 1. The molecule has 0 heterocycles. The lowest BCUT2D eigenvalue weighted by atomic mass is 10.2. The average Bonchev–Trinajstić information content (AvgIpc) is 2.59. The number of hydrogen-bond donors (Lipinski definition) is 2. The van der Waals surface area contributed by atoms with Gasteiger partial charge in [0.2, 0.25) is 0 Å². The van der Waals surface area contributed by atoms with Crippen molar-refractivity contribution < 1.29 is 19.1 Å². The van der Waals surface area contributed by atoms with Crippen LogP contribution in [0.15, 0.2) is 48.5 Å². The molecule has 120 valence electrons. The number of amides is 2. The molecular weight excluding hydrogens is 296 g/mol. The largest absolute Gasteiger partial charge is 0.496 e. The van der Waals surface area contributed by atoms with Crippen LogP contribution in [-0.2, 0) is 11.3 Å². The summed E-state index contributed by atoms with van der Waals surface area (Å²) in [7, 11) is 2.89. The zero-order valence-corrected chi connectivity index (χ0v) is 13.0. The predicted octanol–water partition coefficient (Wildman–Crippen LogP) is 2.80. The van der Waals surface area contributed by atoms with E-state index in [0.29, 0.717) is 23.5 Å². The summed E-state index contributed by atoms with van der Waals surface area (Å²) in [6, 6.07) is 13.6. The summed E-state index contributed by atoms with van der Waals surface area (Å²) < 4.78 is 9.87. The second kappa shape index (κ2) is 7.84. The molecule has 23 heavy (non-hydrogen) atoms. The molecule has 0 bridgehead atoms. The Morgan fingerprint density at radius 2 is 1.83 bits per heavy atom. The molecule has 0 radical (unpaired) electrons. The van der Waals surface area contributed by atoms with Crippen LogP contribution in [0.4, 0.5) is 10.5 Å². The minimum Gasteiger partial charge on any atom is -0.496 e. The number of hydrogen-bond acceptors (Lipinski definition) is 4. The van der Waals surface area contributed by atoms with Crippen LogP contribution < -0.4 is 15.4 Å². The van der Waals surface area contributed by atoms with E-state index in [1.165, 1.54) is 7.11 Å². The monoisotopic (exact) mass is 314 g/mol. The van der Waals surface area contributed by atoms with Crippen LogP contribution in [0.5, 0.6) is 5.75 Å². The third-order valence-electron chi connectivity index (χ3n) is 3.17. The van der Waals surface area contributed by atoms with Crippen molar-refractivity contribution in [2.75, 3.05) is 19.5 Å². The topological polar surface area (TPSA) is 76.7 Å². The number of carbonyl (C=O) groups is 2. The zero-order chi connectivity index (χ0) is 16.7. The van der Waals surface area contributed by atoms with Gasteiger partial charge in [0.25, 0.3) is 0 Å². The van der Waals surface area contributed by atoms with Crippen LogP contribution >= 0.6 is 0 Å². The van der Waals surface area contributed by atoms with Crippen molar-refractivity contribution >= 4 is 17.7 Å². The number of rotatable bonds is 5. The minimum atomic E-state index is -0.455. The van der Waals surface area contributed by atoms with Crippen LogP contribution in [0.3, 0.4) is 0 Å². The molecule has 2 aromatic carbocycles. The Kier molecular flexibility index (Phi) is 5.57. The molecule has 0 aliphatic heterocycles. The molecule has 0 aliphatic carbocycles. The molecular formula is C17H18N2O4. The highest BCUT2D eigenvalue weighted by Gasteiger charge is 2.08. The Hall–Kier alpha value is -3.02. The fraction of sp³-hybridized carbons (Fsp3) is 0.176. The van der Waals surface area contributed by atoms with Gasteiger partial charge in [0, 0.05) is 17.8 Å². The van der Waals surface area contributed by atoms with E-state index in [1.807, 2.05) is 24.3 Å². The van der Waals surface area contributed by atoms with Gasteiger partial charge in [0.05, 0.1) is 19.8 Å². The van der Waals surface area contributed by atoms with Crippen molar-refractivity contribution in [3.05, 3.63) is 59.7 Å². The maximum Gasteiger partial charge on any atom is 0.337 e. The number of anilines is 1. The second-order valence-electron chi connectivity index (χ2n) is 4.69. The molecule has 0 atom stereocenters. The van der Waals surface area contributed by atoms with Gasteiger partial charge in [0.1, 0.15) is 5.75 Å². The van der Waals surface area contributed by atoms with Gasteiger partial charge in [0.15, 0.2) is 0 Å². The van der Waals surface area contributed by atoms with Crippen LogP contribution in [-0.4, -0.2) is 26.2 Å². The molecule has 0 spiro atoms. The van der Waals surface area contributed by atoms with E-state index < -0.39 is 5.97 Å². The first-order chi connectivity index (χ1) is 11.1. The van der Waals surface area contributed by atoms with Crippen molar-refractivity contribution in [3.63, 3.8) is 0 Å². The van der Waals surface area contributed by atoms with E-state index >= 15 is 0 Å². The van der Waals surface area contributed by atoms with Gasteiger partial charge in [-0.1, -0.05) is 24.3 Å².